The van der Waals surface area contributed by atoms with Crippen LogP contribution in [0.2, 0.25) is 0 Å². The van der Waals surface area contributed by atoms with E-state index in [4.69, 9.17) is 0 Å². The smallest absolute Gasteiger partial charge is 0.241 e. The van der Waals surface area contributed by atoms with Gasteiger partial charge in [0, 0.05) is 24.1 Å². The highest BCUT2D eigenvalue weighted by molar-refractivity contribution is 5.99. The Labute approximate surface area is 182 Å². The number of hydrogen-bond donors (Lipinski definition) is 1. The van der Waals surface area contributed by atoms with Crippen LogP contribution >= 0.6 is 0 Å². The van der Waals surface area contributed by atoms with E-state index in [1.54, 1.807) is 6.33 Å². The van der Waals surface area contributed by atoms with E-state index in [0.29, 0.717) is 13.0 Å². The van der Waals surface area contributed by atoms with Crippen LogP contribution < -0.4 is 5.43 Å². The van der Waals surface area contributed by atoms with Gasteiger partial charge < -0.3 is 4.57 Å². The number of rotatable bonds is 7. The summed E-state index contributed by atoms with van der Waals surface area (Å²) >= 11 is 0. The van der Waals surface area contributed by atoms with Crippen LogP contribution in [0.25, 0.3) is 22.5 Å². The summed E-state index contributed by atoms with van der Waals surface area (Å²) in [6.07, 6.45) is 2.10. The number of aromatic nitrogens is 2. The summed E-state index contributed by atoms with van der Waals surface area (Å²) in [6, 6.07) is 30.0. The molecular formula is C26H24N4O. The molecule has 1 amide bonds. The predicted molar refractivity (Wildman–Crippen MR) is 125 cm³/mol. The van der Waals surface area contributed by atoms with Gasteiger partial charge in [0.05, 0.1) is 23.4 Å². The Hall–Kier alpha value is -3.99. The summed E-state index contributed by atoms with van der Waals surface area (Å²) in [4.78, 5) is 17.1. The molecule has 0 fully saturated rings. The Morgan fingerprint density at radius 3 is 2.10 bits per heavy atom. The first-order chi connectivity index (χ1) is 15.2. The average molecular weight is 409 g/mol. The Balaban J connectivity index is 1.51. The second kappa shape index (κ2) is 9.67. The number of hydrazone groups is 1. The van der Waals surface area contributed by atoms with Crippen LogP contribution in [0, 0.1) is 0 Å². The Bertz CT molecular complexity index is 1170. The molecule has 0 saturated heterocycles. The van der Waals surface area contributed by atoms with Crippen molar-refractivity contribution in [3.05, 3.63) is 103 Å². The fourth-order valence-electron chi connectivity index (χ4n) is 3.43. The SMILES string of the molecule is C/C(=N/NC(=O)CCn1cnc(-c2ccccc2)c1-c1ccccc1)c1ccccc1. The summed E-state index contributed by atoms with van der Waals surface area (Å²) in [5, 5.41) is 4.23. The van der Waals surface area contributed by atoms with Gasteiger partial charge in [-0.05, 0) is 12.5 Å². The molecule has 1 heterocycles. The Morgan fingerprint density at radius 2 is 1.45 bits per heavy atom. The molecule has 0 bridgehead atoms. The molecule has 0 aliphatic heterocycles. The third-order valence-electron chi connectivity index (χ3n) is 5.05. The van der Waals surface area contributed by atoms with Crippen molar-refractivity contribution in [1.82, 2.24) is 15.0 Å². The van der Waals surface area contributed by atoms with Crippen molar-refractivity contribution in [2.45, 2.75) is 19.9 Å². The minimum absolute atomic E-state index is 0.135. The second-order valence-electron chi connectivity index (χ2n) is 7.22. The lowest BCUT2D eigenvalue weighted by Gasteiger charge is -2.10. The minimum atomic E-state index is -0.135. The van der Waals surface area contributed by atoms with E-state index in [1.165, 1.54) is 0 Å². The van der Waals surface area contributed by atoms with Gasteiger partial charge in [0.25, 0.3) is 0 Å². The lowest BCUT2D eigenvalue weighted by Crippen LogP contribution is -2.20. The molecule has 0 atom stereocenters. The molecule has 4 aromatic rings. The fraction of sp³-hybridized carbons (Fsp3) is 0.115. The van der Waals surface area contributed by atoms with Crippen LogP contribution in [-0.2, 0) is 11.3 Å². The molecule has 1 aromatic heterocycles. The molecule has 0 saturated carbocycles. The van der Waals surface area contributed by atoms with Gasteiger partial charge in [-0.2, -0.15) is 5.10 Å². The molecule has 154 valence electrons. The number of nitrogens with zero attached hydrogens (tertiary/aromatic N) is 3. The summed E-state index contributed by atoms with van der Waals surface area (Å²) < 4.78 is 2.03. The number of amides is 1. The number of benzene rings is 3. The zero-order chi connectivity index (χ0) is 21.5. The van der Waals surface area contributed by atoms with E-state index in [2.05, 4.69) is 27.6 Å². The van der Waals surface area contributed by atoms with Crippen LogP contribution in [0.5, 0.6) is 0 Å². The largest absolute Gasteiger partial charge is 0.330 e. The normalized spacial score (nSPS) is 11.3. The second-order valence-corrected chi connectivity index (χ2v) is 7.22. The van der Waals surface area contributed by atoms with E-state index in [-0.39, 0.29) is 5.91 Å². The Morgan fingerprint density at radius 1 is 0.871 bits per heavy atom. The summed E-state index contributed by atoms with van der Waals surface area (Å²) in [7, 11) is 0. The number of carbonyl (C=O) groups excluding carboxylic acids is 1. The molecule has 0 unspecified atom stereocenters. The van der Waals surface area contributed by atoms with Crippen LogP contribution in [0.4, 0.5) is 0 Å². The van der Waals surface area contributed by atoms with Gasteiger partial charge >= 0.3 is 0 Å². The van der Waals surface area contributed by atoms with E-state index >= 15 is 0 Å². The quantitative estimate of drug-likeness (QED) is 0.340. The maximum Gasteiger partial charge on any atom is 0.241 e. The van der Waals surface area contributed by atoms with Crippen molar-refractivity contribution < 1.29 is 4.79 Å². The molecule has 0 aliphatic carbocycles. The van der Waals surface area contributed by atoms with Crippen molar-refractivity contribution >= 4 is 11.6 Å². The van der Waals surface area contributed by atoms with E-state index in [1.807, 2.05) is 90.4 Å². The zero-order valence-corrected chi connectivity index (χ0v) is 17.4. The van der Waals surface area contributed by atoms with Crippen molar-refractivity contribution in [2.24, 2.45) is 5.10 Å². The van der Waals surface area contributed by atoms with E-state index < -0.39 is 0 Å². The van der Waals surface area contributed by atoms with Gasteiger partial charge in [0.2, 0.25) is 5.91 Å². The lowest BCUT2D eigenvalue weighted by atomic mass is 10.0. The average Bonchev–Trinajstić information content (AvgIpc) is 3.27. The maximum atomic E-state index is 12.4. The molecule has 5 heteroatoms. The molecule has 0 radical (unpaired) electrons. The maximum absolute atomic E-state index is 12.4. The summed E-state index contributed by atoms with van der Waals surface area (Å²) in [5.41, 5.74) is 8.44. The number of hydrogen-bond acceptors (Lipinski definition) is 3. The number of aryl methyl sites for hydroxylation is 1. The monoisotopic (exact) mass is 408 g/mol. The highest BCUT2D eigenvalue weighted by Gasteiger charge is 2.15. The van der Waals surface area contributed by atoms with Gasteiger partial charge in [-0.15, -0.1) is 0 Å². The lowest BCUT2D eigenvalue weighted by molar-refractivity contribution is -0.121. The Kier molecular flexibility index (Phi) is 6.33. The standard InChI is InChI=1S/C26H24N4O/c1-20(21-11-5-2-6-12-21)28-29-24(31)17-18-30-19-27-25(22-13-7-3-8-14-22)26(30)23-15-9-4-10-16-23/h2-16,19H,17-18H2,1H3,(H,29,31)/b28-20-. The molecule has 3 aromatic carbocycles. The first-order valence-electron chi connectivity index (χ1n) is 10.3. The van der Waals surface area contributed by atoms with Crippen molar-refractivity contribution in [3.63, 3.8) is 0 Å². The third kappa shape index (κ3) is 4.95. The number of imidazole rings is 1. The zero-order valence-electron chi connectivity index (χ0n) is 17.4. The first kappa shape index (κ1) is 20.3. The van der Waals surface area contributed by atoms with Gasteiger partial charge in [-0.1, -0.05) is 91.0 Å². The molecule has 0 spiro atoms. The van der Waals surface area contributed by atoms with Gasteiger partial charge in [-0.25, -0.2) is 10.4 Å². The van der Waals surface area contributed by atoms with Crippen LogP contribution in [0.1, 0.15) is 18.9 Å². The molecule has 0 aliphatic rings. The van der Waals surface area contributed by atoms with E-state index in [0.717, 1.165) is 33.8 Å². The molecule has 31 heavy (non-hydrogen) atoms. The molecule has 4 rings (SSSR count). The van der Waals surface area contributed by atoms with Gasteiger partial charge in [0.15, 0.2) is 0 Å². The number of carbonyl (C=O) groups is 1. The van der Waals surface area contributed by atoms with Crippen molar-refractivity contribution in [2.75, 3.05) is 0 Å². The van der Waals surface area contributed by atoms with Crippen LogP contribution in [0.3, 0.4) is 0 Å². The molecular weight excluding hydrogens is 384 g/mol. The number of nitrogens with one attached hydrogen (secondary N) is 1. The van der Waals surface area contributed by atoms with Gasteiger partial charge in [0.1, 0.15) is 0 Å². The first-order valence-corrected chi connectivity index (χ1v) is 10.3. The minimum Gasteiger partial charge on any atom is -0.330 e. The van der Waals surface area contributed by atoms with Crippen molar-refractivity contribution in [3.8, 4) is 22.5 Å². The summed E-state index contributed by atoms with van der Waals surface area (Å²) in [5.74, 6) is -0.135. The van der Waals surface area contributed by atoms with Gasteiger partial charge in [-0.3, -0.25) is 4.79 Å². The fourth-order valence-corrected chi connectivity index (χ4v) is 3.43. The van der Waals surface area contributed by atoms with E-state index in [9.17, 15) is 4.79 Å². The van der Waals surface area contributed by atoms with Crippen LogP contribution in [-0.4, -0.2) is 21.2 Å². The topological polar surface area (TPSA) is 59.3 Å². The van der Waals surface area contributed by atoms with Crippen molar-refractivity contribution in [1.29, 1.82) is 0 Å². The highest BCUT2D eigenvalue weighted by Crippen LogP contribution is 2.31. The third-order valence-corrected chi connectivity index (χ3v) is 5.05. The highest BCUT2D eigenvalue weighted by atomic mass is 16.2. The molecule has 5 nitrogen and oxygen atoms in total. The van der Waals surface area contributed by atoms with Crippen LogP contribution in [0.15, 0.2) is 102 Å². The summed E-state index contributed by atoms with van der Waals surface area (Å²) in [6.45, 7) is 2.39. The molecule has 1 N–H and O–H groups in total. The predicted octanol–water partition coefficient (Wildman–Crippen LogP) is 5.15.